The zero-order valence-corrected chi connectivity index (χ0v) is 16.5. The summed E-state index contributed by atoms with van der Waals surface area (Å²) < 4.78 is 5.66. The molecule has 0 bridgehead atoms. The maximum absolute atomic E-state index is 12.6. The van der Waals surface area contributed by atoms with Gasteiger partial charge >= 0.3 is 6.09 Å². The molecule has 4 rings (SSSR count). The van der Waals surface area contributed by atoms with E-state index >= 15 is 0 Å². The number of amides is 1. The number of nitrogens with one attached hydrogen (secondary N) is 1. The van der Waals surface area contributed by atoms with Crippen molar-refractivity contribution in [1.82, 2.24) is 5.32 Å². The lowest BCUT2D eigenvalue weighted by molar-refractivity contribution is 0.0801. The first kappa shape index (κ1) is 19.0. The van der Waals surface area contributed by atoms with Crippen LogP contribution in [0.5, 0.6) is 0 Å². The van der Waals surface area contributed by atoms with Gasteiger partial charge in [-0.2, -0.15) is 0 Å². The number of rotatable bonds is 5. The molecule has 4 nitrogen and oxygen atoms in total. The number of aliphatic hydroxyl groups excluding tert-OH is 1. The summed E-state index contributed by atoms with van der Waals surface area (Å²) in [6, 6.07) is 16.6. The van der Waals surface area contributed by atoms with Gasteiger partial charge in [0.2, 0.25) is 0 Å². The summed E-state index contributed by atoms with van der Waals surface area (Å²) in [5.74, 6) is 0.753. The third-order valence-corrected chi connectivity index (χ3v) is 6.65. The Morgan fingerprint density at radius 1 is 1.07 bits per heavy atom. The van der Waals surface area contributed by atoms with Crippen molar-refractivity contribution in [1.29, 1.82) is 0 Å². The molecule has 0 spiro atoms. The smallest absolute Gasteiger partial charge is 0.407 e. The van der Waals surface area contributed by atoms with E-state index < -0.39 is 11.6 Å². The van der Waals surface area contributed by atoms with Gasteiger partial charge in [-0.1, -0.05) is 61.9 Å². The largest absolute Gasteiger partial charge is 0.449 e. The molecule has 1 fully saturated rings. The molecular formula is C24H29NO3. The van der Waals surface area contributed by atoms with Crippen molar-refractivity contribution >= 4 is 6.09 Å². The molecule has 0 radical (unpaired) electrons. The van der Waals surface area contributed by atoms with Crippen molar-refractivity contribution in [3.05, 3.63) is 59.7 Å². The van der Waals surface area contributed by atoms with Crippen molar-refractivity contribution < 1.29 is 14.6 Å². The first-order valence-electron chi connectivity index (χ1n) is 10.4. The second-order valence-electron chi connectivity index (χ2n) is 8.24. The Hall–Kier alpha value is -2.33. The van der Waals surface area contributed by atoms with Crippen molar-refractivity contribution in [3.63, 3.8) is 0 Å². The standard InChI is InChI=1S/C24H29NO3/c1-2-17-11-13-24(16-26,14-12-17)25-23(27)28-15-22-20-9-5-3-7-18(20)19-8-4-6-10-21(19)22/h3-10,17,22,26H,2,11-16H2,1H3,(H,25,27). The number of alkyl carbamates (subject to hydrolysis) is 1. The molecule has 4 heteroatoms. The summed E-state index contributed by atoms with van der Waals surface area (Å²) in [6.45, 7) is 2.47. The second kappa shape index (κ2) is 7.96. The van der Waals surface area contributed by atoms with Crippen LogP contribution in [-0.2, 0) is 4.74 Å². The average molecular weight is 380 g/mol. The third-order valence-electron chi connectivity index (χ3n) is 6.65. The predicted octanol–water partition coefficient (Wildman–Crippen LogP) is 4.86. The Balaban J connectivity index is 1.43. The molecule has 0 saturated heterocycles. The normalized spacial score (nSPS) is 23.7. The number of carbonyl (C=O) groups excluding carboxylic acids is 1. The highest BCUT2D eigenvalue weighted by molar-refractivity contribution is 5.79. The van der Waals surface area contributed by atoms with E-state index in [0.717, 1.165) is 32.1 Å². The van der Waals surface area contributed by atoms with E-state index in [4.69, 9.17) is 4.74 Å². The fourth-order valence-electron chi connectivity index (χ4n) is 4.81. The van der Waals surface area contributed by atoms with Gasteiger partial charge in [0.05, 0.1) is 12.1 Å². The van der Waals surface area contributed by atoms with Gasteiger partial charge in [-0.3, -0.25) is 0 Å². The van der Waals surface area contributed by atoms with Crippen LogP contribution < -0.4 is 5.32 Å². The minimum atomic E-state index is -0.533. The molecule has 28 heavy (non-hydrogen) atoms. The Morgan fingerprint density at radius 3 is 2.18 bits per heavy atom. The van der Waals surface area contributed by atoms with Gasteiger partial charge in [0.25, 0.3) is 0 Å². The number of ether oxygens (including phenoxy) is 1. The van der Waals surface area contributed by atoms with E-state index in [2.05, 4.69) is 36.5 Å². The Kier molecular flexibility index (Phi) is 5.40. The average Bonchev–Trinajstić information content (AvgIpc) is 3.06. The monoisotopic (exact) mass is 379 g/mol. The van der Waals surface area contributed by atoms with Gasteiger partial charge < -0.3 is 15.2 Å². The molecule has 2 N–H and O–H groups in total. The van der Waals surface area contributed by atoms with Gasteiger partial charge in [-0.25, -0.2) is 4.79 Å². The Labute approximate surface area is 166 Å². The van der Waals surface area contributed by atoms with Crippen LogP contribution in [0.25, 0.3) is 11.1 Å². The molecule has 2 aromatic carbocycles. The van der Waals surface area contributed by atoms with E-state index in [1.54, 1.807) is 0 Å². The summed E-state index contributed by atoms with van der Waals surface area (Å²) in [4.78, 5) is 12.6. The van der Waals surface area contributed by atoms with Crippen LogP contribution in [0.4, 0.5) is 4.79 Å². The third kappa shape index (κ3) is 3.53. The fourth-order valence-corrected chi connectivity index (χ4v) is 4.81. The molecular weight excluding hydrogens is 350 g/mol. The predicted molar refractivity (Wildman–Crippen MR) is 110 cm³/mol. The lowest BCUT2D eigenvalue weighted by Crippen LogP contribution is -2.53. The molecule has 1 saturated carbocycles. The maximum Gasteiger partial charge on any atom is 0.407 e. The number of hydrogen-bond donors (Lipinski definition) is 2. The van der Waals surface area contributed by atoms with Crippen molar-refractivity contribution in [3.8, 4) is 11.1 Å². The van der Waals surface area contributed by atoms with Gasteiger partial charge in [-0.05, 0) is 53.9 Å². The fraction of sp³-hybridized carbons (Fsp3) is 0.458. The number of benzene rings is 2. The maximum atomic E-state index is 12.6. The summed E-state index contributed by atoms with van der Waals surface area (Å²) in [7, 11) is 0. The summed E-state index contributed by atoms with van der Waals surface area (Å²) in [5, 5.41) is 12.9. The lowest BCUT2D eigenvalue weighted by atomic mass is 9.76. The number of fused-ring (bicyclic) bond motifs is 3. The van der Waals surface area contributed by atoms with Crippen molar-refractivity contribution in [2.75, 3.05) is 13.2 Å². The number of carbonyl (C=O) groups is 1. The molecule has 0 aromatic heterocycles. The molecule has 0 heterocycles. The van der Waals surface area contributed by atoms with Crippen LogP contribution in [-0.4, -0.2) is 30.0 Å². The minimum Gasteiger partial charge on any atom is -0.449 e. The lowest BCUT2D eigenvalue weighted by Gasteiger charge is -2.39. The summed E-state index contributed by atoms with van der Waals surface area (Å²) in [6.07, 6.45) is 4.44. The van der Waals surface area contributed by atoms with Crippen LogP contribution in [0.15, 0.2) is 48.5 Å². The highest BCUT2D eigenvalue weighted by Crippen LogP contribution is 2.44. The van der Waals surface area contributed by atoms with E-state index in [0.29, 0.717) is 12.5 Å². The molecule has 2 aliphatic carbocycles. The van der Waals surface area contributed by atoms with Crippen LogP contribution in [0.3, 0.4) is 0 Å². The number of hydrogen-bond acceptors (Lipinski definition) is 3. The minimum absolute atomic E-state index is 0.0341. The quantitative estimate of drug-likeness (QED) is 0.780. The van der Waals surface area contributed by atoms with Crippen molar-refractivity contribution in [2.24, 2.45) is 5.92 Å². The van der Waals surface area contributed by atoms with Crippen LogP contribution in [0, 0.1) is 5.92 Å². The van der Waals surface area contributed by atoms with Gasteiger partial charge in [-0.15, -0.1) is 0 Å². The summed E-state index contributed by atoms with van der Waals surface area (Å²) in [5.41, 5.74) is 4.32. The van der Waals surface area contributed by atoms with E-state index in [1.807, 2.05) is 24.3 Å². The van der Waals surface area contributed by atoms with Gasteiger partial charge in [0.1, 0.15) is 6.61 Å². The zero-order chi connectivity index (χ0) is 19.6. The highest BCUT2D eigenvalue weighted by Gasteiger charge is 2.37. The first-order chi connectivity index (χ1) is 13.7. The highest BCUT2D eigenvalue weighted by atomic mass is 16.5. The molecule has 2 aromatic rings. The Bertz CT molecular complexity index is 794. The van der Waals surface area contributed by atoms with Gasteiger partial charge in [0, 0.05) is 5.92 Å². The van der Waals surface area contributed by atoms with Crippen LogP contribution >= 0.6 is 0 Å². The molecule has 1 amide bonds. The van der Waals surface area contributed by atoms with Gasteiger partial charge in [0.15, 0.2) is 0 Å². The van der Waals surface area contributed by atoms with Crippen LogP contribution in [0.2, 0.25) is 0 Å². The van der Waals surface area contributed by atoms with Crippen LogP contribution in [0.1, 0.15) is 56.1 Å². The molecule has 0 unspecified atom stereocenters. The SMILES string of the molecule is CCC1CCC(CO)(NC(=O)OCC2c3ccccc3-c3ccccc32)CC1. The number of aliphatic hydroxyl groups is 1. The molecule has 0 atom stereocenters. The van der Waals surface area contributed by atoms with E-state index in [9.17, 15) is 9.90 Å². The molecule has 148 valence electrons. The first-order valence-corrected chi connectivity index (χ1v) is 10.4. The van der Waals surface area contributed by atoms with E-state index in [1.165, 1.54) is 22.3 Å². The molecule has 0 aliphatic heterocycles. The topological polar surface area (TPSA) is 58.6 Å². The van der Waals surface area contributed by atoms with E-state index in [-0.39, 0.29) is 12.5 Å². The summed E-state index contributed by atoms with van der Waals surface area (Å²) >= 11 is 0. The second-order valence-corrected chi connectivity index (χ2v) is 8.24. The van der Waals surface area contributed by atoms with Crippen molar-refractivity contribution in [2.45, 2.75) is 50.5 Å². The Morgan fingerprint density at radius 2 is 1.64 bits per heavy atom. The molecule has 2 aliphatic rings. The zero-order valence-electron chi connectivity index (χ0n) is 16.5.